The monoisotopic (exact) mass is 197 g/mol. The van der Waals surface area contributed by atoms with Gasteiger partial charge < -0.3 is 4.84 Å². The highest BCUT2D eigenvalue weighted by molar-refractivity contribution is 6.30. The van der Waals surface area contributed by atoms with Gasteiger partial charge in [-0.25, -0.2) is 0 Å². The second kappa shape index (κ2) is 5.60. The van der Waals surface area contributed by atoms with Crippen molar-refractivity contribution in [1.82, 2.24) is 0 Å². The second-order valence-corrected chi connectivity index (χ2v) is 3.07. The molecule has 0 fully saturated rings. The maximum absolute atomic E-state index is 5.75. The second-order valence-electron chi connectivity index (χ2n) is 2.64. The van der Waals surface area contributed by atoms with Crippen molar-refractivity contribution < 1.29 is 4.84 Å². The Hall–Kier alpha value is -1.02. The number of hydrogen-bond acceptors (Lipinski definition) is 2. The van der Waals surface area contributed by atoms with Crippen molar-refractivity contribution in [1.29, 1.82) is 0 Å². The molecule has 0 aliphatic rings. The van der Waals surface area contributed by atoms with E-state index in [1.807, 2.05) is 24.3 Å². The lowest BCUT2D eigenvalue weighted by Gasteiger charge is -1.97. The molecule has 0 aliphatic carbocycles. The van der Waals surface area contributed by atoms with E-state index in [0.717, 1.165) is 17.9 Å². The molecule has 0 atom stereocenters. The zero-order valence-electron chi connectivity index (χ0n) is 7.53. The maximum Gasteiger partial charge on any atom is 0.106 e. The molecular weight excluding hydrogens is 186 g/mol. The van der Waals surface area contributed by atoms with Crippen molar-refractivity contribution in [2.45, 2.75) is 12.8 Å². The first-order valence-corrected chi connectivity index (χ1v) is 4.50. The largest absolute Gasteiger partial charge is 0.399 e. The van der Waals surface area contributed by atoms with Gasteiger partial charge in [0.05, 0.1) is 0 Å². The first-order chi connectivity index (χ1) is 6.33. The molecule has 1 aromatic rings. The summed E-state index contributed by atoms with van der Waals surface area (Å²) in [5.74, 6) is 0. The zero-order valence-corrected chi connectivity index (χ0v) is 8.29. The molecule has 0 heterocycles. The van der Waals surface area contributed by atoms with Gasteiger partial charge in [-0.3, -0.25) is 0 Å². The van der Waals surface area contributed by atoms with Gasteiger partial charge in [-0.05, 0) is 30.5 Å². The van der Waals surface area contributed by atoms with Crippen LogP contribution >= 0.6 is 11.6 Å². The summed E-state index contributed by atoms with van der Waals surface area (Å²) in [5, 5.41) is 4.43. The lowest BCUT2D eigenvalue weighted by atomic mass is 10.1. The standard InChI is InChI=1S/C10H12ClNO/c1-13-12-8-2-3-9-4-6-10(11)7-5-9/h4-8H,2-3H2,1H3. The van der Waals surface area contributed by atoms with Crippen molar-refractivity contribution in [3.05, 3.63) is 34.9 Å². The quantitative estimate of drug-likeness (QED) is 0.537. The van der Waals surface area contributed by atoms with E-state index in [0.29, 0.717) is 0 Å². The Morgan fingerprint density at radius 3 is 2.69 bits per heavy atom. The van der Waals surface area contributed by atoms with Gasteiger partial charge in [0.1, 0.15) is 7.11 Å². The summed E-state index contributed by atoms with van der Waals surface area (Å²) in [6, 6.07) is 7.82. The predicted molar refractivity (Wildman–Crippen MR) is 55.3 cm³/mol. The van der Waals surface area contributed by atoms with Crippen LogP contribution in [0.15, 0.2) is 29.4 Å². The molecular formula is C10H12ClNO. The Labute approximate surface area is 83.2 Å². The molecule has 0 spiro atoms. The molecule has 3 heteroatoms. The van der Waals surface area contributed by atoms with Crippen LogP contribution in [0.2, 0.25) is 5.02 Å². The molecule has 0 saturated heterocycles. The van der Waals surface area contributed by atoms with Crippen LogP contribution in [0.3, 0.4) is 0 Å². The molecule has 0 N–H and O–H groups in total. The van der Waals surface area contributed by atoms with Crippen LogP contribution in [0.25, 0.3) is 0 Å². The fourth-order valence-corrected chi connectivity index (χ4v) is 1.14. The average molecular weight is 198 g/mol. The van der Waals surface area contributed by atoms with Gasteiger partial charge in [0.15, 0.2) is 0 Å². The summed E-state index contributed by atoms with van der Waals surface area (Å²) >= 11 is 5.75. The van der Waals surface area contributed by atoms with Gasteiger partial charge in [-0.1, -0.05) is 28.9 Å². The Bertz CT molecular complexity index is 269. The molecule has 0 amide bonds. The maximum atomic E-state index is 5.75. The molecule has 0 radical (unpaired) electrons. The molecule has 0 aromatic heterocycles. The predicted octanol–water partition coefficient (Wildman–Crippen LogP) is 2.90. The van der Waals surface area contributed by atoms with Gasteiger partial charge in [0.25, 0.3) is 0 Å². The number of benzene rings is 1. The van der Waals surface area contributed by atoms with Crippen molar-refractivity contribution in [3.63, 3.8) is 0 Å². The van der Waals surface area contributed by atoms with Crippen molar-refractivity contribution in [2.24, 2.45) is 5.16 Å². The minimum atomic E-state index is 0.773. The van der Waals surface area contributed by atoms with Crippen LogP contribution in [0, 0.1) is 0 Å². The number of rotatable bonds is 4. The molecule has 0 bridgehead atoms. The van der Waals surface area contributed by atoms with E-state index in [1.165, 1.54) is 5.56 Å². The third-order valence-electron chi connectivity index (χ3n) is 1.66. The third-order valence-corrected chi connectivity index (χ3v) is 1.91. The lowest BCUT2D eigenvalue weighted by molar-refractivity contribution is 0.214. The normalized spacial score (nSPS) is 10.6. The first kappa shape index (κ1) is 10.1. The Kier molecular flexibility index (Phi) is 4.33. The highest BCUT2D eigenvalue weighted by atomic mass is 35.5. The van der Waals surface area contributed by atoms with Crippen LogP contribution in [-0.4, -0.2) is 13.3 Å². The van der Waals surface area contributed by atoms with Crippen LogP contribution in [0.5, 0.6) is 0 Å². The first-order valence-electron chi connectivity index (χ1n) is 4.12. The number of hydrogen-bond donors (Lipinski definition) is 0. The van der Waals surface area contributed by atoms with E-state index < -0.39 is 0 Å². The van der Waals surface area contributed by atoms with E-state index in [9.17, 15) is 0 Å². The van der Waals surface area contributed by atoms with Gasteiger partial charge in [-0.15, -0.1) is 0 Å². The van der Waals surface area contributed by atoms with Crippen molar-refractivity contribution >= 4 is 17.8 Å². The van der Waals surface area contributed by atoms with Crippen LogP contribution < -0.4 is 0 Å². The summed E-state index contributed by atoms with van der Waals surface area (Å²) in [5.41, 5.74) is 1.26. The summed E-state index contributed by atoms with van der Waals surface area (Å²) in [7, 11) is 1.54. The highest BCUT2D eigenvalue weighted by Gasteiger charge is 1.91. The van der Waals surface area contributed by atoms with Gasteiger partial charge in [0.2, 0.25) is 0 Å². The Morgan fingerprint density at radius 1 is 1.38 bits per heavy atom. The minimum Gasteiger partial charge on any atom is -0.399 e. The number of halogens is 1. The fourth-order valence-electron chi connectivity index (χ4n) is 1.01. The van der Waals surface area contributed by atoms with E-state index in [-0.39, 0.29) is 0 Å². The molecule has 1 rings (SSSR count). The lowest BCUT2D eigenvalue weighted by Crippen LogP contribution is -1.85. The van der Waals surface area contributed by atoms with Gasteiger partial charge in [0, 0.05) is 11.2 Å². The van der Waals surface area contributed by atoms with Gasteiger partial charge in [-0.2, -0.15) is 0 Å². The number of oxime groups is 1. The van der Waals surface area contributed by atoms with Crippen LogP contribution in [-0.2, 0) is 11.3 Å². The molecule has 13 heavy (non-hydrogen) atoms. The summed E-state index contributed by atoms with van der Waals surface area (Å²) in [6.45, 7) is 0. The molecule has 2 nitrogen and oxygen atoms in total. The Morgan fingerprint density at radius 2 is 2.08 bits per heavy atom. The van der Waals surface area contributed by atoms with Gasteiger partial charge >= 0.3 is 0 Å². The molecule has 0 saturated carbocycles. The fraction of sp³-hybridized carbons (Fsp3) is 0.300. The highest BCUT2D eigenvalue weighted by Crippen LogP contribution is 2.10. The summed E-state index contributed by atoms with van der Waals surface area (Å²) in [4.78, 5) is 4.55. The Balaban J connectivity index is 2.37. The molecule has 0 unspecified atom stereocenters. The number of nitrogens with zero attached hydrogens (tertiary/aromatic N) is 1. The summed E-state index contributed by atoms with van der Waals surface area (Å²) < 4.78 is 0. The summed E-state index contributed by atoms with van der Waals surface area (Å²) in [6.07, 6.45) is 3.61. The SMILES string of the molecule is CON=CCCc1ccc(Cl)cc1. The average Bonchev–Trinajstić information content (AvgIpc) is 2.15. The van der Waals surface area contributed by atoms with E-state index >= 15 is 0 Å². The van der Waals surface area contributed by atoms with E-state index in [2.05, 4.69) is 9.99 Å². The third kappa shape index (κ3) is 3.95. The molecule has 0 aliphatic heterocycles. The topological polar surface area (TPSA) is 21.6 Å². The van der Waals surface area contributed by atoms with Crippen molar-refractivity contribution in [2.75, 3.05) is 7.11 Å². The molecule has 1 aromatic carbocycles. The smallest absolute Gasteiger partial charge is 0.106 e. The molecule has 70 valence electrons. The minimum absolute atomic E-state index is 0.773. The van der Waals surface area contributed by atoms with E-state index in [4.69, 9.17) is 11.6 Å². The number of aryl methyl sites for hydroxylation is 1. The van der Waals surface area contributed by atoms with E-state index in [1.54, 1.807) is 13.3 Å². The zero-order chi connectivity index (χ0) is 9.52. The van der Waals surface area contributed by atoms with Crippen LogP contribution in [0.1, 0.15) is 12.0 Å². The van der Waals surface area contributed by atoms with Crippen LogP contribution in [0.4, 0.5) is 0 Å². The van der Waals surface area contributed by atoms with Crippen molar-refractivity contribution in [3.8, 4) is 0 Å².